The second kappa shape index (κ2) is 6.54. The van der Waals surface area contributed by atoms with Crippen molar-refractivity contribution in [2.24, 2.45) is 0 Å². The molecule has 124 valence electrons. The van der Waals surface area contributed by atoms with E-state index in [4.69, 9.17) is 9.15 Å². The van der Waals surface area contributed by atoms with E-state index in [1.54, 1.807) is 6.20 Å². The van der Waals surface area contributed by atoms with Crippen LogP contribution in [0, 0.1) is 0 Å². The van der Waals surface area contributed by atoms with E-state index in [2.05, 4.69) is 33.7 Å². The van der Waals surface area contributed by atoms with E-state index in [0.29, 0.717) is 24.2 Å². The monoisotopic (exact) mass is 318 g/mol. The number of ether oxygens (including phenoxy) is 1. The van der Waals surface area contributed by atoms with Gasteiger partial charge in [0.15, 0.2) is 0 Å². The van der Waals surface area contributed by atoms with Crippen LogP contribution in [0.4, 0.5) is 0 Å². The Labute approximate surface area is 134 Å². The summed E-state index contributed by atoms with van der Waals surface area (Å²) in [5.41, 5.74) is -0.248. The SMILES string of the molecule is COc1cnc(C2CCCN2Cc2ncc(C(C)C)o2)[nH]c1=O. The Kier molecular flexibility index (Phi) is 4.47. The number of hydrogen-bond acceptors (Lipinski definition) is 6. The number of aromatic amines is 1. The first kappa shape index (κ1) is 15.7. The van der Waals surface area contributed by atoms with Gasteiger partial charge < -0.3 is 14.1 Å². The molecule has 7 heteroatoms. The molecule has 23 heavy (non-hydrogen) atoms. The van der Waals surface area contributed by atoms with E-state index < -0.39 is 0 Å². The quantitative estimate of drug-likeness (QED) is 0.910. The molecule has 2 aromatic rings. The van der Waals surface area contributed by atoms with Crippen LogP contribution < -0.4 is 10.3 Å². The van der Waals surface area contributed by atoms with Gasteiger partial charge >= 0.3 is 0 Å². The maximum atomic E-state index is 11.9. The standard InChI is InChI=1S/C16H22N4O3/c1-10(2)12-7-17-14(23-12)9-20-6-4-5-11(20)15-18-8-13(22-3)16(21)19-15/h7-8,10-11H,4-6,9H2,1-3H3,(H,18,19,21). The van der Waals surface area contributed by atoms with Crippen LogP contribution in [0.25, 0.3) is 0 Å². The molecular weight excluding hydrogens is 296 g/mol. The predicted octanol–water partition coefficient (Wildman–Crippen LogP) is 2.23. The minimum absolute atomic E-state index is 0.0722. The summed E-state index contributed by atoms with van der Waals surface area (Å²) in [5.74, 6) is 2.82. The Morgan fingerprint density at radius 3 is 2.91 bits per heavy atom. The third-order valence-electron chi connectivity index (χ3n) is 4.16. The highest BCUT2D eigenvalue weighted by Gasteiger charge is 2.29. The van der Waals surface area contributed by atoms with Crippen molar-refractivity contribution in [1.29, 1.82) is 0 Å². The van der Waals surface area contributed by atoms with Crippen LogP contribution in [0.15, 0.2) is 21.6 Å². The third kappa shape index (κ3) is 3.29. The highest BCUT2D eigenvalue weighted by Crippen LogP contribution is 2.31. The van der Waals surface area contributed by atoms with Crippen molar-refractivity contribution in [3.05, 3.63) is 40.2 Å². The molecule has 1 atom stereocenters. The van der Waals surface area contributed by atoms with Gasteiger partial charge in [-0.1, -0.05) is 13.8 Å². The number of likely N-dealkylation sites (tertiary alicyclic amines) is 1. The van der Waals surface area contributed by atoms with Gasteiger partial charge in [-0.3, -0.25) is 9.69 Å². The van der Waals surface area contributed by atoms with E-state index in [1.807, 2.05) is 0 Å². The highest BCUT2D eigenvalue weighted by atomic mass is 16.5. The summed E-state index contributed by atoms with van der Waals surface area (Å²) < 4.78 is 10.8. The second-order valence-corrected chi connectivity index (χ2v) is 6.11. The molecule has 0 amide bonds. The van der Waals surface area contributed by atoms with E-state index in [1.165, 1.54) is 13.3 Å². The first-order valence-electron chi connectivity index (χ1n) is 7.90. The number of nitrogens with zero attached hydrogens (tertiary/aromatic N) is 3. The summed E-state index contributed by atoms with van der Waals surface area (Å²) >= 11 is 0. The highest BCUT2D eigenvalue weighted by molar-refractivity contribution is 5.14. The summed E-state index contributed by atoms with van der Waals surface area (Å²) in [6, 6.07) is 0.0722. The molecule has 0 aromatic carbocycles. The number of H-pyrrole nitrogens is 1. The van der Waals surface area contributed by atoms with Gasteiger partial charge in [0.25, 0.3) is 5.56 Å². The van der Waals surface area contributed by atoms with E-state index >= 15 is 0 Å². The normalized spacial score (nSPS) is 18.7. The molecule has 2 aromatic heterocycles. The summed E-state index contributed by atoms with van der Waals surface area (Å²) in [6.45, 7) is 5.71. The van der Waals surface area contributed by atoms with Crippen molar-refractivity contribution in [3.63, 3.8) is 0 Å². The fourth-order valence-electron chi connectivity index (χ4n) is 2.87. The third-order valence-corrected chi connectivity index (χ3v) is 4.16. The molecule has 1 aliphatic heterocycles. The zero-order valence-electron chi connectivity index (χ0n) is 13.7. The molecular formula is C16H22N4O3. The Hall–Kier alpha value is -2.15. The molecule has 0 aliphatic carbocycles. The van der Waals surface area contributed by atoms with Crippen LogP contribution in [0.2, 0.25) is 0 Å². The lowest BCUT2D eigenvalue weighted by Gasteiger charge is -2.22. The fraction of sp³-hybridized carbons (Fsp3) is 0.562. The molecule has 0 spiro atoms. The Balaban J connectivity index is 1.77. The van der Waals surface area contributed by atoms with Crippen molar-refractivity contribution in [1.82, 2.24) is 19.9 Å². The maximum absolute atomic E-state index is 11.9. The van der Waals surface area contributed by atoms with Gasteiger partial charge in [-0.25, -0.2) is 9.97 Å². The minimum Gasteiger partial charge on any atom is -0.490 e. The Morgan fingerprint density at radius 2 is 2.26 bits per heavy atom. The molecule has 1 N–H and O–H groups in total. The van der Waals surface area contributed by atoms with Crippen molar-refractivity contribution in [2.45, 2.75) is 45.2 Å². The number of oxazole rings is 1. The molecule has 1 aliphatic rings. The molecule has 3 heterocycles. The molecule has 0 saturated carbocycles. The van der Waals surface area contributed by atoms with Gasteiger partial charge in [0.2, 0.25) is 11.6 Å². The molecule has 7 nitrogen and oxygen atoms in total. The zero-order valence-corrected chi connectivity index (χ0v) is 13.7. The largest absolute Gasteiger partial charge is 0.490 e. The van der Waals surface area contributed by atoms with Crippen molar-refractivity contribution in [2.75, 3.05) is 13.7 Å². The van der Waals surface area contributed by atoms with Gasteiger partial charge in [0.1, 0.15) is 11.6 Å². The fourth-order valence-corrected chi connectivity index (χ4v) is 2.87. The van der Waals surface area contributed by atoms with Gasteiger partial charge in [-0.2, -0.15) is 0 Å². The van der Waals surface area contributed by atoms with Crippen molar-refractivity contribution >= 4 is 0 Å². The van der Waals surface area contributed by atoms with Crippen molar-refractivity contribution in [3.8, 4) is 5.75 Å². The number of rotatable bonds is 5. The molecule has 1 fully saturated rings. The lowest BCUT2D eigenvalue weighted by Crippen LogP contribution is -2.26. The summed E-state index contributed by atoms with van der Waals surface area (Å²) in [7, 11) is 1.46. The topological polar surface area (TPSA) is 84.2 Å². The van der Waals surface area contributed by atoms with Crippen LogP contribution in [0.3, 0.4) is 0 Å². The van der Waals surface area contributed by atoms with Gasteiger partial charge in [-0.05, 0) is 19.4 Å². The lowest BCUT2D eigenvalue weighted by atomic mass is 10.2. The van der Waals surface area contributed by atoms with Crippen LogP contribution in [0.5, 0.6) is 5.75 Å². The van der Waals surface area contributed by atoms with E-state index in [-0.39, 0.29) is 17.4 Å². The first-order chi connectivity index (χ1) is 11.1. The van der Waals surface area contributed by atoms with Crippen LogP contribution >= 0.6 is 0 Å². The van der Waals surface area contributed by atoms with Crippen LogP contribution in [-0.2, 0) is 6.54 Å². The van der Waals surface area contributed by atoms with E-state index in [0.717, 1.165) is 25.1 Å². The molecule has 1 saturated heterocycles. The summed E-state index contributed by atoms with van der Waals surface area (Å²) in [6.07, 6.45) is 5.27. The minimum atomic E-state index is -0.248. The van der Waals surface area contributed by atoms with Gasteiger partial charge in [0.05, 0.1) is 32.1 Å². The molecule has 1 unspecified atom stereocenters. The number of nitrogens with one attached hydrogen (secondary N) is 1. The molecule has 3 rings (SSSR count). The number of methoxy groups -OCH3 is 1. The average molecular weight is 318 g/mol. The molecule has 0 bridgehead atoms. The van der Waals surface area contributed by atoms with Crippen molar-refractivity contribution < 1.29 is 9.15 Å². The second-order valence-electron chi connectivity index (χ2n) is 6.11. The summed E-state index contributed by atoms with van der Waals surface area (Å²) in [5, 5.41) is 0. The smallest absolute Gasteiger partial charge is 0.293 e. The van der Waals surface area contributed by atoms with Crippen LogP contribution in [-0.4, -0.2) is 33.5 Å². The number of hydrogen-bond donors (Lipinski definition) is 1. The van der Waals surface area contributed by atoms with Gasteiger partial charge in [-0.15, -0.1) is 0 Å². The number of aromatic nitrogens is 3. The Morgan fingerprint density at radius 1 is 1.43 bits per heavy atom. The van der Waals surface area contributed by atoms with E-state index in [9.17, 15) is 4.79 Å². The first-order valence-corrected chi connectivity index (χ1v) is 7.90. The van der Waals surface area contributed by atoms with Crippen LogP contribution in [0.1, 0.15) is 56.1 Å². The maximum Gasteiger partial charge on any atom is 0.293 e. The lowest BCUT2D eigenvalue weighted by molar-refractivity contribution is 0.213. The Bertz CT molecular complexity index is 722. The molecule has 0 radical (unpaired) electrons. The zero-order chi connectivity index (χ0) is 16.4. The van der Waals surface area contributed by atoms with Gasteiger partial charge in [0, 0.05) is 5.92 Å². The average Bonchev–Trinajstić information content (AvgIpc) is 3.17. The summed E-state index contributed by atoms with van der Waals surface area (Å²) in [4.78, 5) is 25.7. The predicted molar refractivity (Wildman–Crippen MR) is 84.4 cm³/mol.